The summed E-state index contributed by atoms with van der Waals surface area (Å²) in [7, 11) is 0. The lowest BCUT2D eigenvalue weighted by Gasteiger charge is -2.36. The van der Waals surface area contributed by atoms with Gasteiger partial charge in [0.1, 0.15) is 12.4 Å². The number of hydrogen-bond acceptors (Lipinski definition) is 5. The zero-order valence-electron chi connectivity index (χ0n) is 24.2. The number of nitrogens with zero attached hydrogens (tertiary/aromatic N) is 4. The van der Waals surface area contributed by atoms with Gasteiger partial charge < -0.3 is 15.0 Å². The molecule has 214 valence electrons. The molecule has 1 aromatic heterocycles. The van der Waals surface area contributed by atoms with Crippen molar-refractivity contribution in [2.45, 2.75) is 84.2 Å². The van der Waals surface area contributed by atoms with Gasteiger partial charge in [0.05, 0.1) is 5.69 Å². The Balaban J connectivity index is 1.34. The molecule has 2 amide bonds. The Morgan fingerprint density at radius 2 is 1.88 bits per heavy atom. The number of amides is 2. The first-order valence-electron chi connectivity index (χ1n) is 15.0. The first kappa shape index (κ1) is 28.3. The summed E-state index contributed by atoms with van der Waals surface area (Å²) >= 11 is 0. The number of piperidine rings is 1. The molecule has 1 aliphatic carbocycles. The molecular formula is C32H43N5O3. The zero-order valence-corrected chi connectivity index (χ0v) is 24.2. The fraction of sp³-hybridized carbons (Fsp3) is 0.562. The van der Waals surface area contributed by atoms with Crippen LogP contribution in [0.5, 0.6) is 5.88 Å². The lowest BCUT2D eigenvalue weighted by molar-refractivity contribution is -0.126. The number of nitrogens with one attached hydrogen (secondary N) is 1. The van der Waals surface area contributed by atoms with Gasteiger partial charge in [0.2, 0.25) is 11.8 Å². The number of ether oxygens (including phenoxy) is 1. The van der Waals surface area contributed by atoms with Gasteiger partial charge in [-0.1, -0.05) is 24.1 Å². The van der Waals surface area contributed by atoms with Gasteiger partial charge in [-0.15, -0.1) is 0 Å². The highest BCUT2D eigenvalue weighted by atomic mass is 16.5. The van der Waals surface area contributed by atoms with Gasteiger partial charge in [-0.3, -0.25) is 14.5 Å². The van der Waals surface area contributed by atoms with Gasteiger partial charge in [0, 0.05) is 54.4 Å². The summed E-state index contributed by atoms with van der Waals surface area (Å²) in [4.78, 5) is 39.8. The van der Waals surface area contributed by atoms with Gasteiger partial charge in [-0.25, -0.2) is 4.98 Å². The van der Waals surface area contributed by atoms with Crippen molar-refractivity contribution in [3.63, 3.8) is 0 Å². The van der Waals surface area contributed by atoms with E-state index in [9.17, 15) is 9.59 Å². The molecule has 0 unspecified atom stereocenters. The number of benzene rings is 1. The van der Waals surface area contributed by atoms with Gasteiger partial charge in [0.15, 0.2) is 0 Å². The average Bonchev–Trinajstić information content (AvgIpc) is 3.30. The van der Waals surface area contributed by atoms with Crippen LogP contribution in [0.25, 0.3) is 0 Å². The number of carbonyl (C=O) groups excluding carboxylic acids is 2. The molecule has 1 saturated heterocycles. The van der Waals surface area contributed by atoms with E-state index in [1.807, 2.05) is 57.3 Å². The standard InChI is InChI=1S/C32H43N5O3/c1-22(2)34-31(38)24-10-12-27(13-11-24)37-28-20-30(40-17-16-36-14-5-4-6-15-36)33-21-26(28)19-29(37)35-32(39)25-9-7-8-23(3)18-25/h7-9,18,20-22,24,27H,4-6,10-17,19H2,1-3H3,(H,34,38). The van der Waals surface area contributed by atoms with Crippen molar-refractivity contribution in [2.24, 2.45) is 10.9 Å². The van der Waals surface area contributed by atoms with Crippen molar-refractivity contribution in [1.82, 2.24) is 15.2 Å². The molecule has 0 radical (unpaired) electrons. The minimum atomic E-state index is -0.229. The topological polar surface area (TPSA) is 87.1 Å². The van der Waals surface area contributed by atoms with Crippen molar-refractivity contribution < 1.29 is 14.3 Å². The van der Waals surface area contributed by atoms with E-state index in [4.69, 9.17) is 4.74 Å². The van der Waals surface area contributed by atoms with E-state index >= 15 is 0 Å². The van der Waals surface area contributed by atoms with Crippen LogP contribution in [-0.4, -0.2) is 65.9 Å². The Kier molecular flexibility index (Phi) is 9.15. The molecule has 0 bridgehead atoms. The van der Waals surface area contributed by atoms with Gasteiger partial charge in [-0.05, 0) is 84.5 Å². The molecule has 2 aromatic rings. The summed E-state index contributed by atoms with van der Waals surface area (Å²) in [5.74, 6) is 1.31. The summed E-state index contributed by atoms with van der Waals surface area (Å²) in [6.45, 7) is 9.77. The number of rotatable bonds is 8. The number of aryl methyl sites for hydroxylation is 1. The van der Waals surface area contributed by atoms with Crippen LogP contribution in [0.1, 0.15) is 80.3 Å². The number of aliphatic imine (C=N–C) groups is 1. The maximum absolute atomic E-state index is 13.2. The molecule has 2 fully saturated rings. The molecule has 5 rings (SSSR count). The number of pyridine rings is 1. The van der Waals surface area contributed by atoms with E-state index in [-0.39, 0.29) is 29.8 Å². The number of aromatic nitrogens is 1. The first-order chi connectivity index (χ1) is 19.4. The first-order valence-corrected chi connectivity index (χ1v) is 15.0. The second kappa shape index (κ2) is 12.9. The quantitative estimate of drug-likeness (QED) is 0.506. The Morgan fingerprint density at radius 3 is 2.60 bits per heavy atom. The van der Waals surface area contributed by atoms with E-state index in [0.29, 0.717) is 24.5 Å². The molecule has 3 aliphatic rings. The third-order valence-corrected chi connectivity index (χ3v) is 8.29. The summed E-state index contributed by atoms with van der Waals surface area (Å²) in [5.41, 5.74) is 3.70. The molecule has 0 spiro atoms. The predicted molar refractivity (Wildman–Crippen MR) is 158 cm³/mol. The van der Waals surface area contributed by atoms with Crippen molar-refractivity contribution >= 4 is 23.3 Å². The van der Waals surface area contributed by atoms with Crippen molar-refractivity contribution in [3.05, 3.63) is 53.2 Å². The lowest BCUT2D eigenvalue weighted by Crippen LogP contribution is -2.44. The molecule has 1 saturated carbocycles. The Bertz CT molecular complexity index is 1230. The molecule has 8 nitrogen and oxygen atoms in total. The molecular weight excluding hydrogens is 502 g/mol. The van der Waals surface area contributed by atoms with Gasteiger partial charge >= 0.3 is 0 Å². The molecule has 0 atom stereocenters. The predicted octanol–water partition coefficient (Wildman–Crippen LogP) is 4.94. The molecule has 3 heterocycles. The maximum atomic E-state index is 13.2. The Morgan fingerprint density at radius 1 is 1.10 bits per heavy atom. The second-order valence-corrected chi connectivity index (χ2v) is 11.8. The van der Waals surface area contributed by atoms with E-state index < -0.39 is 0 Å². The fourth-order valence-corrected chi connectivity index (χ4v) is 6.21. The van der Waals surface area contributed by atoms with E-state index in [1.165, 1.54) is 19.3 Å². The molecule has 2 aliphatic heterocycles. The number of likely N-dealkylation sites (tertiary alicyclic amines) is 1. The number of hydrogen-bond donors (Lipinski definition) is 1. The smallest absolute Gasteiger partial charge is 0.278 e. The maximum Gasteiger partial charge on any atom is 0.278 e. The van der Waals surface area contributed by atoms with E-state index in [0.717, 1.165) is 68.0 Å². The minimum Gasteiger partial charge on any atom is -0.476 e. The summed E-state index contributed by atoms with van der Waals surface area (Å²) < 4.78 is 6.11. The van der Waals surface area contributed by atoms with Crippen LogP contribution < -0.4 is 15.0 Å². The van der Waals surface area contributed by atoms with Crippen molar-refractivity contribution in [2.75, 3.05) is 31.1 Å². The average molecular weight is 546 g/mol. The summed E-state index contributed by atoms with van der Waals surface area (Å²) in [5, 5.41) is 3.07. The van der Waals surface area contributed by atoms with Crippen LogP contribution >= 0.6 is 0 Å². The van der Waals surface area contributed by atoms with Crippen LogP contribution in [0, 0.1) is 12.8 Å². The highest BCUT2D eigenvalue weighted by Crippen LogP contribution is 2.38. The number of amidine groups is 1. The third-order valence-electron chi connectivity index (χ3n) is 8.29. The van der Waals surface area contributed by atoms with Crippen LogP contribution in [0.3, 0.4) is 0 Å². The van der Waals surface area contributed by atoms with Crippen LogP contribution in [0.15, 0.2) is 41.5 Å². The SMILES string of the molecule is Cc1cccc(C(=O)N=C2Cc3cnc(OCCN4CCCCC4)cc3N2C2CCC(C(=O)NC(C)C)CC2)c1. The minimum absolute atomic E-state index is 0.0289. The van der Waals surface area contributed by atoms with Gasteiger partial charge in [-0.2, -0.15) is 4.99 Å². The van der Waals surface area contributed by atoms with Gasteiger partial charge in [0.25, 0.3) is 5.91 Å². The summed E-state index contributed by atoms with van der Waals surface area (Å²) in [6.07, 6.45) is 9.63. The van der Waals surface area contributed by atoms with Crippen LogP contribution in [0.4, 0.5) is 5.69 Å². The Hall–Kier alpha value is -3.26. The lowest BCUT2D eigenvalue weighted by atomic mass is 9.84. The monoisotopic (exact) mass is 545 g/mol. The normalized spacial score (nSPS) is 22.4. The third kappa shape index (κ3) is 6.89. The molecule has 8 heteroatoms. The van der Waals surface area contributed by atoms with Crippen molar-refractivity contribution in [1.29, 1.82) is 0 Å². The fourth-order valence-electron chi connectivity index (χ4n) is 6.21. The number of carbonyl (C=O) groups is 2. The van der Waals surface area contributed by atoms with Crippen LogP contribution in [-0.2, 0) is 11.2 Å². The molecule has 40 heavy (non-hydrogen) atoms. The number of anilines is 1. The molecule has 1 N–H and O–H groups in total. The highest BCUT2D eigenvalue weighted by molar-refractivity contribution is 6.12. The molecule has 1 aromatic carbocycles. The second-order valence-electron chi connectivity index (χ2n) is 11.8. The van der Waals surface area contributed by atoms with Crippen LogP contribution in [0.2, 0.25) is 0 Å². The Labute approximate surface area is 238 Å². The van der Waals surface area contributed by atoms with Crippen molar-refractivity contribution in [3.8, 4) is 5.88 Å². The number of fused-ring (bicyclic) bond motifs is 1. The largest absolute Gasteiger partial charge is 0.476 e. The summed E-state index contributed by atoms with van der Waals surface area (Å²) in [6, 6.07) is 9.90. The van der Waals surface area contributed by atoms with E-state index in [1.54, 1.807) is 0 Å². The highest BCUT2D eigenvalue weighted by Gasteiger charge is 2.36. The zero-order chi connectivity index (χ0) is 28.1. The van der Waals surface area contributed by atoms with E-state index in [2.05, 4.69) is 25.1 Å².